The average molecular weight is 264 g/mol. The minimum atomic E-state index is -0.840. The second-order valence-corrected chi connectivity index (χ2v) is 5.18. The monoisotopic (exact) mass is 264 g/mol. The molecule has 1 aromatic heterocycles. The number of aliphatic carboxylic acids is 1. The maximum Gasteiger partial charge on any atom is 0.307 e. The number of hydrogen-bond donors (Lipinski definition) is 1. The van der Waals surface area contributed by atoms with Crippen molar-refractivity contribution in [2.45, 2.75) is 12.8 Å². The molecular formula is C14H13FO2S. The molecule has 0 radical (unpaired) electrons. The van der Waals surface area contributed by atoms with Crippen LogP contribution in [0, 0.1) is 11.7 Å². The van der Waals surface area contributed by atoms with Gasteiger partial charge in [-0.3, -0.25) is 4.79 Å². The second kappa shape index (κ2) is 5.78. The van der Waals surface area contributed by atoms with Crippen molar-refractivity contribution >= 4 is 17.3 Å². The van der Waals surface area contributed by atoms with Crippen molar-refractivity contribution in [2.75, 3.05) is 0 Å². The maximum atomic E-state index is 13.1. The van der Waals surface area contributed by atoms with Gasteiger partial charge in [0.2, 0.25) is 0 Å². The van der Waals surface area contributed by atoms with Crippen LogP contribution in [0.5, 0.6) is 0 Å². The minimum Gasteiger partial charge on any atom is -0.481 e. The summed E-state index contributed by atoms with van der Waals surface area (Å²) in [7, 11) is 0. The number of rotatable bonds is 5. The van der Waals surface area contributed by atoms with Gasteiger partial charge in [-0.25, -0.2) is 4.39 Å². The van der Waals surface area contributed by atoms with Gasteiger partial charge in [0.15, 0.2) is 0 Å². The summed E-state index contributed by atoms with van der Waals surface area (Å²) >= 11 is 1.54. The van der Waals surface area contributed by atoms with Crippen LogP contribution in [0.2, 0.25) is 0 Å². The molecule has 0 aliphatic rings. The fourth-order valence-electron chi connectivity index (χ4n) is 1.87. The number of carboxylic acid groups (broad SMARTS) is 1. The third-order valence-corrected chi connectivity index (χ3v) is 3.65. The first-order valence-corrected chi connectivity index (χ1v) is 6.53. The van der Waals surface area contributed by atoms with Crippen LogP contribution >= 0.6 is 11.3 Å². The summed E-state index contributed by atoms with van der Waals surface area (Å²) in [6, 6.07) is 9.94. The number of hydrogen-bond acceptors (Lipinski definition) is 2. The lowest BCUT2D eigenvalue weighted by Crippen LogP contribution is -2.18. The van der Waals surface area contributed by atoms with Crippen molar-refractivity contribution in [2.24, 2.45) is 5.92 Å². The quantitative estimate of drug-likeness (QED) is 0.899. The van der Waals surface area contributed by atoms with E-state index in [1.54, 1.807) is 23.5 Å². The minimum absolute atomic E-state index is 0.326. The van der Waals surface area contributed by atoms with Crippen molar-refractivity contribution in [1.29, 1.82) is 0 Å². The molecule has 4 heteroatoms. The van der Waals surface area contributed by atoms with Crippen LogP contribution in [0.4, 0.5) is 4.39 Å². The Labute approximate surface area is 109 Å². The summed E-state index contributed by atoms with van der Waals surface area (Å²) in [5, 5.41) is 11.1. The summed E-state index contributed by atoms with van der Waals surface area (Å²) < 4.78 is 13.1. The summed E-state index contributed by atoms with van der Waals surface area (Å²) in [6.07, 6.45) is 0.842. The molecule has 1 unspecified atom stereocenters. The van der Waals surface area contributed by atoms with E-state index in [0.29, 0.717) is 12.8 Å². The van der Waals surface area contributed by atoms with E-state index in [1.165, 1.54) is 12.1 Å². The van der Waals surface area contributed by atoms with E-state index >= 15 is 0 Å². The van der Waals surface area contributed by atoms with Crippen LogP contribution in [0.3, 0.4) is 0 Å². The van der Waals surface area contributed by atoms with Gasteiger partial charge < -0.3 is 5.11 Å². The Kier molecular flexibility index (Phi) is 4.10. The predicted molar refractivity (Wildman–Crippen MR) is 69.3 cm³/mol. The molecule has 18 heavy (non-hydrogen) atoms. The van der Waals surface area contributed by atoms with Crippen molar-refractivity contribution in [3.05, 3.63) is 58.0 Å². The average Bonchev–Trinajstić information content (AvgIpc) is 2.81. The summed E-state index contributed by atoms with van der Waals surface area (Å²) in [6.45, 7) is 0. The zero-order valence-corrected chi connectivity index (χ0v) is 10.5. The van der Waals surface area contributed by atoms with Gasteiger partial charge in [0, 0.05) is 4.88 Å². The van der Waals surface area contributed by atoms with Gasteiger partial charge in [-0.15, -0.1) is 11.3 Å². The predicted octanol–water partition coefficient (Wildman–Crippen LogP) is 3.37. The fraction of sp³-hybridized carbons (Fsp3) is 0.214. The van der Waals surface area contributed by atoms with E-state index in [9.17, 15) is 14.3 Å². The van der Waals surface area contributed by atoms with Crippen molar-refractivity contribution in [3.8, 4) is 0 Å². The smallest absolute Gasteiger partial charge is 0.307 e. The molecule has 1 heterocycles. The lowest BCUT2D eigenvalue weighted by Gasteiger charge is -2.11. The van der Waals surface area contributed by atoms with Crippen LogP contribution in [0.1, 0.15) is 10.4 Å². The Morgan fingerprint density at radius 2 is 2.11 bits per heavy atom. The Bertz CT molecular complexity index is 522. The molecule has 2 nitrogen and oxygen atoms in total. The zero-order valence-electron chi connectivity index (χ0n) is 9.67. The van der Waals surface area contributed by atoms with Gasteiger partial charge in [0.05, 0.1) is 5.92 Å². The molecule has 0 bridgehead atoms. The third-order valence-electron chi connectivity index (χ3n) is 2.75. The Morgan fingerprint density at radius 3 is 2.72 bits per heavy atom. The number of halogens is 1. The van der Waals surface area contributed by atoms with Crippen LogP contribution in [-0.2, 0) is 17.6 Å². The Hall–Kier alpha value is -1.68. The van der Waals surface area contributed by atoms with E-state index in [-0.39, 0.29) is 5.82 Å². The molecule has 0 saturated carbocycles. The molecule has 0 aliphatic carbocycles. The second-order valence-electron chi connectivity index (χ2n) is 4.15. The molecular weight excluding hydrogens is 251 g/mol. The largest absolute Gasteiger partial charge is 0.481 e. The van der Waals surface area contributed by atoms with Gasteiger partial charge >= 0.3 is 5.97 Å². The topological polar surface area (TPSA) is 37.3 Å². The standard InChI is InChI=1S/C14H13FO2S/c15-12-4-1-3-10(8-12)7-11(14(16)17)9-13-5-2-6-18-13/h1-6,8,11H,7,9H2,(H,16,17). The molecule has 0 fully saturated rings. The molecule has 0 aliphatic heterocycles. The number of benzene rings is 1. The van der Waals surface area contributed by atoms with E-state index in [4.69, 9.17) is 0 Å². The van der Waals surface area contributed by atoms with Crippen molar-refractivity contribution < 1.29 is 14.3 Å². The highest BCUT2D eigenvalue weighted by molar-refractivity contribution is 7.09. The number of thiophene rings is 1. The van der Waals surface area contributed by atoms with E-state index in [2.05, 4.69) is 0 Å². The summed E-state index contributed by atoms with van der Waals surface area (Å²) in [5.41, 5.74) is 0.721. The first-order chi connectivity index (χ1) is 8.65. The van der Waals surface area contributed by atoms with Gasteiger partial charge in [0.1, 0.15) is 5.82 Å². The van der Waals surface area contributed by atoms with Gasteiger partial charge in [-0.05, 0) is 42.0 Å². The van der Waals surface area contributed by atoms with E-state index in [1.807, 2.05) is 17.5 Å². The van der Waals surface area contributed by atoms with Crippen molar-refractivity contribution in [3.63, 3.8) is 0 Å². The highest BCUT2D eigenvalue weighted by Crippen LogP contribution is 2.19. The highest BCUT2D eigenvalue weighted by atomic mass is 32.1. The van der Waals surface area contributed by atoms with Crippen molar-refractivity contribution in [1.82, 2.24) is 0 Å². The molecule has 1 atom stereocenters. The molecule has 94 valence electrons. The SMILES string of the molecule is O=C(O)C(Cc1cccc(F)c1)Cc1cccs1. The molecule has 0 spiro atoms. The zero-order chi connectivity index (χ0) is 13.0. The maximum absolute atomic E-state index is 13.1. The summed E-state index contributed by atoms with van der Waals surface area (Å²) in [4.78, 5) is 12.3. The molecule has 2 rings (SSSR count). The lowest BCUT2D eigenvalue weighted by atomic mass is 9.95. The van der Waals surface area contributed by atoms with Gasteiger partial charge in [0.25, 0.3) is 0 Å². The van der Waals surface area contributed by atoms with Gasteiger partial charge in [-0.2, -0.15) is 0 Å². The van der Waals surface area contributed by atoms with E-state index in [0.717, 1.165) is 10.4 Å². The summed E-state index contributed by atoms with van der Waals surface area (Å²) in [5.74, 6) is -1.68. The first-order valence-electron chi connectivity index (χ1n) is 5.65. The highest BCUT2D eigenvalue weighted by Gasteiger charge is 2.19. The van der Waals surface area contributed by atoms with Gasteiger partial charge in [-0.1, -0.05) is 18.2 Å². The number of carbonyl (C=O) groups is 1. The molecule has 1 aromatic carbocycles. The fourth-order valence-corrected chi connectivity index (χ4v) is 2.65. The molecule has 1 N–H and O–H groups in total. The lowest BCUT2D eigenvalue weighted by molar-refractivity contribution is -0.141. The molecule has 2 aromatic rings. The van der Waals surface area contributed by atoms with Crippen LogP contribution < -0.4 is 0 Å². The Morgan fingerprint density at radius 1 is 1.28 bits per heavy atom. The van der Waals surface area contributed by atoms with Crippen LogP contribution in [0.25, 0.3) is 0 Å². The first kappa shape index (κ1) is 12.8. The van der Waals surface area contributed by atoms with Crippen LogP contribution in [-0.4, -0.2) is 11.1 Å². The Balaban J connectivity index is 2.09. The number of carboxylic acids is 1. The molecule has 0 amide bonds. The third kappa shape index (κ3) is 3.40. The van der Waals surface area contributed by atoms with E-state index < -0.39 is 11.9 Å². The van der Waals surface area contributed by atoms with Crippen LogP contribution in [0.15, 0.2) is 41.8 Å². The molecule has 0 saturated heterocycles. The normalized spacial score (nSPS) is 12.3.